The van der Waals surface area contributed by atoms with E-state index >= 15 is 0 Å². The van der Waals surface area contributed by atoms with Crippen LogP contribution in [0.4, 0.5) is 10.8 Å². The van der Waals surface area contributed by atoms with Gasteiger partial charge in [0, 0.05) is 29.3 Å². The van der Waals surface area contributed by atoms with E-state index in [4.69, 9.17) is 4.42 Å². The van der Waals surface area contributed by atoms with Gasteiger partial charge in [-0.2, -0.15) is 5.10 Å². The Balaban J connectivity index is 1.61. The van der Waals surface area contributed by atoms with Crippen LogP contribution >= 0.6 is 11.3 Å². The molecule has 10 heteroatoms. The standard InChI is InChI=1S/C19H12N4O5S/c24-15-4-2-1-3-11(15)9-21-22-19-20-10-17(29-19)14-8-12-7-13(23(26)27)5-6-16(12)28-18(14)25/h1-10,24H,(H,20,22)/b21-9-. The topological polar surface area (TPSA) is 131 Å². The molecule has 2 aromatic carbocycles. The number of hydrogen-bond acceptors (Lipinski definition) is 9. The Kier molecular flexibility index (Phi) is 4.75. The van der Waals surface area contributed by atoms with Crippen LogP contribution in [0.15, 0.2) is 69.0 Å². The molecule has 0 unspecified atom stereocenters. The number of nitro benzene ring substituents is 1. The maximum absolute atomic E-state index is 12.3. The van der Waals surface area contributed by atoms with Crippen molar-refractivity contribution < 1.29 is 14.4 Å². The van der Waals surface area contributed by atoms with Crippen LogP contribution in [0.1, 0.15) is 5.56 Å². The Morgan fingerprint density at radius 2 is 2.07 bits per heavy atom. The van der Waals surface area contributed by atoms with E-state index in [-0.39, 0.29) is 22.6 Å². The van der Waals surface area contributed by atoms with Crippen molar-refractivity contribution in [2.75, 3.05) is 5.43 Å². The van der Waals surface area contributed by atoms with E-state index in [1.807, 2.05) is 0 Å². The van der Waals surface area contributed by atoms with Gasteiger partial charge in [-0.1, -0.05) is 23.5 Å². The summed E-state index contributed by atoms with van der Waals surface area (Å²) in [4.78, 5) is 27.4. The number of nitro groups is 1. The summed E-state index contributed by atoms with van der Waals surface area (Å²) in [6.07, 6.45) is 2.93. The molecule has 0 amide bonds. The van der Waals surface area contributed by atoms with Crippen LogP contribution < -0.4 is 11.1 Å². The van der Waals surface area contributed by atoms with Crippen molar-refractivity contribution in [1.82, 2.24) is 4.98 Å². The van der Waals surface area contributed by atoms with Gasteiger partial charge in [0.15, 0.2) is 0 Å². The quantitative estimate of drug-likeness (QED) is 0.221. The molecule has 2 aromatic heterocycles. The molecule has 0 spiro atoms. The third kappa shape index (κ3) is 3.82. The summed E-state index contributed by atoms with van der Waals surface area (Å²) in [6.45, 7) is 0. The number of anilines is 1. The Hall–Kier alpha value is -4.05. The molecule has 0 aliphatic heterocycles. The molecule has 0 bridgehead atoms. The number of phenols is 1. The highest BCUT2D eigenvalue weighted by atomic mass is 32.1. The molecule has 4 rings (SSSR count). The Morgan fingerprint density at radius 3 is 2.86 bits per heavy atom. The van der Waals surface area contributed by atoms with Gasteiger partial charge in [-0.15, -0.1) is 0 Å². The molecule has 0 saturated carbocycles. The number of phenolic OH excluding ortho intramolecular Hbond substituents is 1. The molecule has 9 nitrogen and oxygen atoms in total. The fourth-order valence-corrected chi connectivity index (χ4v) is 3.37. The lowest BCUT2D eigenvalue weighted by molar-refractivity contribution is -0.384. The number of aromatic nitrogens is 1. The minimum atomic E-state index is -0.570. The molecule has 0 fully saturated rings. The van der Waals surface area contributed by atoms with E-state index in [0.717, 1.165) is 0 Å². The van der Waals surface area contributed by atoms with Gasteiger partial charge in [-0.3, -0.25) is 15.5 Å². The summed E-state index contributed by atoms with van der Waals surface area (Å²) in [5.41, 5.74) is 3.11. The maximum Gasteiger partial charge on any atom is 0.345 e. The van der Waals surface area contributed by atoms with Gasteiger partial charge in [-0.05, 0) is 24.3 Å². The van der Waals surface area contributed by atoms with Crippen molar-refractivity contribution in [2.24, 2.45) is 5.10 Å². The number of hydrogen-bond donors (Lipinski definition) is 2. The number of nitrogens with zero attached hydrogens (tertiary/aromatic N) is 3. The second kappa shape index (κ2) is 7.52. The van der Waals surface area contributed by atoms with Gasteiger partial charge in [0.2, 0.25) is 5.13 Å². The Morgan fingerprint density at radius 1 is 1.24 bits per heavy atom. The molecule has 29 heavy (non-hydrogen) atoms. The minimum absolute atomic E-state index is 0.0949. The highest BCUT2D eigenvalue weighted by Gasteiger charge is 2.14. The largest absolute Gasteiger partial charge is 0.507 e. The Labute approximate surface area is 166 Å². The molecule has 4 aromatic rings. The van der Waals surface area contributed by atoms with E-state index in [1.165, 1.54) is 48.0 Å². The summed E-state index contributed by atoms with van der Waals surface area (Å²) >= 11 is 1.17. The van der Waals surface area contributed by atoms with Gasteiger partial charge >= 0.3 is 5.63 Å². The summed E-state index contributed by atoms with van der Waals surface area (Å²) in [5.74, 6) is 0.0979. The fraction of sp³-hybridized carbons (Fsp3) is 0. The zero-order chi connectivity index (χ0) is 20.4. The molecule has 0 atom stereocenters. The molecular weight excluding hydrogens is 396 g/mol. The monoisotopic (exact) mass is 408 g/mol. The Bertz CT molecular complexity index is 1310. The first kappa shape index (κ1) is 18.3. The third-order valence-electron chi connectivity index (χ3n) is 4.00. The van der Waals surface area contributed by atoms with E-state index < -0.39 is 10.5 Å². The number of fused-ring (bicyclic) bond motifs is 1. The number of hydrazone groups is 1. The van der Waals surface area contributed by atoms with Crippen molar-refractivity contribution in [3.8, 4) is 16.2 Å². The van der Waals surface area contributed by atoms with Crippen LogP contribution in [0.3, 0.4) is 0 Å². The lowest BCUT2D eigenvalue weighted by Crippen LogP contribution is -2.01. The van der Waals surface area contributed by atoms with Crippen molar-refractivity contribution >= 4 is 39.3 Å². The smallest absolute Gasteiger partial charge is 0.345 e. The highest BCUT2D eigenvalue weighted by Crippen LogP contribution is 2.30. The summed E-state index contributed by atoms with van der Waals surface area (Å²) in [7, 11) is 0. The zero-order valence-electron chi connectivity index (χ0n) is 14.6. The van der Waals surface area contributed by atoms with Crippen LogP contribution in [0.5, 0.6) is 5.75 Å². The maximum atomic E-state index is 12.3. The third-order valence-corrected chi connectivity index (χ3v) is 4.93. The number of nitrogens with one attached hydrogen (secondary N) is 1. The van der Waals surface area contributed by atoms with Crippen LogP contribution in [0.25, 0.3) is 21.4 Å². The average molecular weight is 408 g/mol. The number of rotatable bonds is 5. The normalized spacial score (nSPS) is 11.2. The number of non-ortho nitro benzene ring substituents is 1. The summed E-state index contributed by atoms with van der Waals surface area (Å²) in [5, 5.41) is 25.6. The fourth-order valence-electron chi connectivity index (χ4n) is 2.60. The number of thiazole rings is 1. The molecule has 2 N–H and O–H groups in total. The number of para-hydroxylation sites is 1. The molecule has 0 radical (unpaired) electrons. The molecular formula is C19H12N4O5S. The number of aromatic hydroxyl groups is 1. The second-order valence-electron chi connectivity index (χ2n) is 5.89. The molecule has 0 saturated heterocycles. The SMILES string of the molecule is O=c1oc2ccc([N+](=O)[O-])cc2cc1-c1cnc(N/N=C\c2ccccc2O)s1. The minimum Gasteiger partial charge on any atom is -0.507 e. The molecule has 0 aliphatic carbocycles. The van der Waals surface area contributed by atoms with Crippen molar-refractivity contribution in [1.29, 1.82) is 0 Å². The van der Waals surface area contributed by atoms with Crippen molar-refractivity contribution in [3.05, 3.63) is 80.8 Å². The first-order valence-electron chi connectivity index (χ1n) is 8.27. The first-order valence-corrected chi connectivity index (χ1v) is 9.08. The number of benzene rings is 2. The predicted molar refractivity (Wildman–Crippen MR) is 110 cm³/mol. The second-order valence-corrected chi connectivity index (χ2v) is 6.92. The van der Waals surface area contributed by atoms with Crippen molar-refractivity contribution in [2.45, 2.75) is 0 Å². The van der Waals surface area contributed by atoms with Crippen LogP contribution in [0, 0.1) is 10.1 Å². The molecule has 2 heterocycles. The summed E-state index contributed by atoms with van der Waals surface area (Å²) in [6, 6.07) is 12.3. The van der Waals surface area contributed by atoms with Gasteiger partial charge in [0.1, 0.15) is 11.3 Å². The predicted octanol–water partition coefficient (Wildman–Crippen LogP) is 3.98. The van der Waals surface area contributed by atoms with Gasteiger partial charge in [-0.25, -0.2) is 9.78 Å². The van der Waals surface area contributed by atoms with Crippen molar-refractivity contribution in [3.63, 3.8) is 0 Å². The van der Waals surface area contributed by atoms with E-state index in [0.29, 0.717) is 21.0 Å². The van der Waals surface area contributed by atoms with E-state index in [2.05, 4.69) is 15.5 Å². The summed E-state index contributed by atoms with van der Waals surface area (Å²) < 4.78 is 5.27. The lowest BCUT2D eigenvalue weighted by Gasteiger charge is -2.00. The van der Waals surface area contributed by atoms with Gasteiger partial charge in [0.05, 0.1) is 21.6 Å². The van der Waals surface area contributed by atoms with Crippen LogP contribution in [-0.2, 0) is 0 Å². The van der Waals surface area contributed by atoms with E-state index in [9.17, 15) is 20.0 Å². The van der Waals surface area contributed by atoms with Gasteiger partial charge < -0.3 is 9.52 Å². The van der Waals surface area contributed by atoms with Gasteiger partial charge in [0.25, 0.3) is 5.69 Å². The first-order chi connectivity index (χ1) is 14.0. The lowest BCUT2D eigenvalue weighted by atomic mass is 10.1. The molecule has 0 aliphatic rings. The highest BCUT2D eigenvalue weighted by molar-refractivity contribution is 7.18. The average Bonchev–Trinajstić information content (AvgIpc) is 3.17. The van der Waals surface area contributed by atoms with Crippen LogP contribution in [-0.4, -0.2) is 21.2 Å². The molecule has 144 valence electrons. The van der Waals surface area contributed by atoms with Crippen LogP contribution in [0.2, 0.25) is 0 Å². The zero-order valence-corrected chi connectivity index (χ0v) is 15.4. The van der Waals surface area contributed by atoms with E-state index in [1.54, 1.807) is 24.3 Å².